The Balaban J connectivity index is 0.000000128. The normalized spacial score (nSPS) is 13.6. The number of hydrogen-bond donors (Lipinski definition) is 6. The Morgan fingerprint density at radius 3 is 1.29 bits per heavy atom. The van der Waals surface area contributed by atoms with E-state index in [1.807, 2.05) is 51.6 Å². The van der Waals surface area contributed by atoms with Gasteiger partial charge in [-0.1, -0.05) is 64.6 Å². The van der Waals surface area contributed by atoms with E-state index in [9.17, 15) is 14.4 Å². The zero-order chi connectivity index (χ0) is 52.2. The number of halogens is 4. The molecule has 0 saturated carbocycles. The van der Waals surface area contributed by atoms with Gasteiger partial charge in [0.2, 0.25) is 0 Å². The van der Waals surface area contributed by atoms with Gasteiger partial charge in [0.25, 0.3) is 0 Å². The standard InChI is InChI=1S/2C18H17ClN4OS.C17H14Cl2N4OS/c1-11-14(6-8-25-11)17-15-10-23(7-5-16(15)21-22-17)18(24)20-13-4-2-3-12(19)9-13;1-11-6-8-25-17(11)16-14-10-23(7-5-15(14)21-22-16)18(24)20-13-4-2-3-12(19)9-13;18-10-2-1-3-11(8-10)20-17(24)23-6-4-14-13(9-23)15(22-21-14)12-5-7-25-16(12)19/h2*2-4,6,8-9H,5,7,10H2,1H3,(H,20,24)(H,21,22);1-3,5,7-8H,4,6,9H2,(H,20,24)(H,21,22). The fourth-order valence-electron chi connectivity index (χ4n) is 9.05. The average molecular weight is 1140 g/mol. The first kappa shape index (κ1) is 51.8. The van der Waals surface area contributed by atoms with Crippen LogP contribution >= 0.6 is 80.4 Å². The van der Waals surface area contributed by atoms with Gasteiger partial charge in [-0.2, -0.15) is 15.3 Å². The van der Waals surface area contributed by atoms with Crippen LogP contribution in [0.1, 0.15) is 44.2 Å². The number of urea groups is 3. The van der Waals surface area contributed by atoms with Crippen LogP contribution in [0.25, 0.3) is 33.1 Å². The molecular weight excluding hydrogens is 1090 g/mol. The molecule has 3 aliphatic rings. The Kier molecular flexibility index (Phi) is 16.0. The first-order valence-electron chi connectivity index (χ1n) is 23.8. The summed E-state index contributed by atoms with van der Waals surface area (Å²) in [6.07, 6.45) is 2.28. The van der Waals surface area contributed by atoms with Crippen molar-refractivity contribution in [3.05, 3.63) is 171 Å². The summed E-state index contributed by atoms with van der Waals surface area (Å²) in [5.41, 5.74) is 14.6. The molecule has 0 saturated heterocycles. The van der Waals surface area contributed by atoms with Gasteiger partial charge in [0.1, 0.15) is 10.0 Å². The number of nitrogens with zero attached hydrogens (tertiary/aromatic N) is 6. The molecule has 0 fully saturated rings. The van der Waals surface area contributed by atoms with Crippen LogP contribution in [0.5, 0.6) is 0 Å². The predicted molar refractivity (Wildman–Crippen MR) is 304 cm³/mol. The molecule has 0 aliphatic carbocycles. The number of H-pyrrole nitrogens is 3. The van der Waals surface area contributed by atoms with Crippen LogP contribution < -0.4 is 16.0 Å². The molecule has 0 unspecified atom stereocenters. The lowest BCUT2D eigenvalue weighted by Crippen LogP contribution is -2.38. The van der Waals surface area contributed by atoms with E-state index >= 15 is 0 Å². The molecule has 15 nitrogen and oxygen atoms in total. The third-order valence-corrected chi connectivity index (χ3v) is 16.7. The molecule has 0 spiro atoms. The lowest BCUT2D eigenvalue weighted by atomic mass is 10.0. The highest BCUT2D eigenvalue weighted by atomic mass is 35.5. The topological polar surface area (TPSA) is 183 Å². The summed E-state index contributed by atoms with van der Waals surface area (Å²) in [6.45, 7) is 7.69. The van der Waals surface area contributed by atoms with Crippen molar-refractivity contribution in [2.75, 3.05) is 35.6 Å². The number of rotatable bonds is 6. The number of anilines is 3. The van der Waals surface area contributed by atoms with Gasteiger partial charge >= 0.3 is 18.1 Å². The predicted octanol–water partition coefficient (Wildman–Crippen LogP) is 14.4. The van der Waals surface area contributed by atoms with Gasteiger partial charge < -0.3 is 30.7 Å². The Morgan fingerprint density at radius 2 is 0.907 bits per heavy atom. The molecule has 0 radical (unpaired) electrons. The zero-order valence-electron chi connectivity index (χ0n) is 40.4. The molecule has 384 valence electrons. The monoisotopic (exact) mass is 1140 g/mol. The SMILES string of the molecule is Cc1ccsc1-c1n[nH]c2c1CN(C(=O)Nc1cccc(Cl)c1)CC2.Cc1sccc1-c1n[nH]c2c1CN(C(=O)Nc1cccc(Cl)c1)CC2.O=C(Nc1cccc(Cl)c1)N1CCc2[nH]nc(-c3ccsc3Cl)c2C1. The van der Waals surface area contributed by atoms with Gasteiger partial charge in [0.15, 0.2) is 0 Å². The van der Waals surface area contributed by atoms with E-state index in [-0.39, 0.29) is 18.1 Å². The average Bonchev–Trinajstić information content (AvgIpc) is 4.29. The lowest BCUT2D eigenvalue weighted by Gasteiger charge is -2.27. The number of hydrogen-bond acceptors (Lipinski definition) is 9. The number of carbonyl (C=O) groups excluding carboxylic acids is 3. The maximum absolute atomic E-state index is 12.6. The summed E-state index contributed by atoms with van der Waals surface area (Å²) < 4.78 is 0.704. The second-order valence-corrected chi connectivity index (χ2v) is 22.7. The van der Waals surface area contributed by atoms with Crippen LogP contribution in [0.3, 0.4) is 0 Å². The highest BCUT2D eigenvalue weighted by molar-refractivity contribution is 7.15. The van der Waals surface area contributed by atoms with Crippen LogP contribution in [-0.2, 0) is 38.9 Å². The fourth-order valence-corrected chi connectivity index (χ4v) is 12.2. The highest BCUT2D eigenvalue weighted by Gasteiger charge is 2.30. The van der Waals surface area contributed by atoms with Crippen molar-refractivity contribution in [3.63, 3.8) is 0 Å². The summed E-state index contributed by atoms with van der Waals surface area (Å²) in [7, 11) is 0. The fraction of sp³-hybridized carbons (Fsp3) is 0.208. The van der Waals surface area contributed by atoms with Gasteiger partial charge in [-0.05, 0) is 108 Å². The molecule has 22 heteroatoms. The van der Waals surface area contributed by atoms with E-state index in [2.05, 4.69) is 83.3 Å². The van der Waals surface area contributed by atoms with E-state index in [1.54, 1.807) is 70.0 Å². The molecular formula is C53H48Cl4N12O3S3. The number of fused-ring (bicyclic) bond motifs is 3. The van der Waals surface area contributed by atoms with Gasteiger partial charge in [-0.15, -0.1) is 34.0 Å². The third kappa shape index (κ3) is 11.9. The minimum atomic E-state index is -0.156. The Hall–Kier alpha value is -6.64. The van der Waals surface area contributed by atoms with E-state index in [0.717, 1.165) is 86.1 Å². The van der Waals surface area contributed by atoms with Crippen molar-refractivity contribution >= 4 is 116 Å². The largest absolute Gasteiger partial charge is 0.322 e. The van der Waals surface area contributed by atoms with Gasteiger partial charge in [-0.3, -0.25) is 15.3 Å². The number of aromatic amines is 3. The molecule has 6 aromatic heterocycles. The van der Waals surface area contributed by atoms with Crippen LogP contribution in [0.2, 0.25) is 19.4 Å². The Morgan fingerprint density at radius 1 is 0.507 bits per heavy atom. The quantitative estimate of drug-likeness (QED) is 0.0963. The molecule has 0 atom stereocenters. The first-order chi connectivity index (χ1) is 36.3. The van der Waals surface area contributed by atoms with Gasteiger partial charge in [0.05, 0.1) is 35.9 Å². The first-order valence-corrected chi connectivity index (χ1v) is 27.9. The van der Waals surface area contributed by atoms with Crippen molar-refractivity contribution < 1.29 is 14.4 Å². The van der Waals surface area contributed by atoms with Crippen LogP contribution in [0.15, 0.2) is 107 Å². The number of carbonyl (C=O) groups is 3. The maximum Gasteiger partial charge on any atom is 0.322 e. The molecule has 3 aromatic carbocycles. The molecule has 9 aromatic rings. The van der Waals surface area contributed by atoms with Crippen molar-refractivity contribution in [1.82, 2.24) is 45.3 Å². The molecule has 75 heavy (non-hydrogen) atoms. The van der Waals surface area contributed by atoms with Crippen LogP contribution in [-0.4, -0.2) is 83.0 Å². The van der Waals surface area contributed by atoms with Crippen LogP contribution in [0, 0.1) is 13.8 Å². The minimum Gasteiger partial charge on any atom is -0.320 e. The molecule has 3 aliphatic heterocycles. The lowest BCUT2D eigenvalue weighted by molar-refractivity contribution is 0.205. The van der Waals surface area contributed by atoms with E-state index < -0.39 is 0 Å². The molecule has 9 heterocycles. The zero-order valence-corrected chi connectivity index (χ0v) is 45.9. The number of aromatic nitrogens is 6. The smallest absolute Gasteiger partial charge is 0.320 e. The van der Waals surface area contributed by atoms with Gasteiger partial charge in [-0.25, -0.2) is 14.4 Å². The molecule has 6 N–H and O–H groups in total. The number of amides is 6. The number of benzene rings is 3. The van der Waals surface area contributed by atoms with E-state index in [0.29, 0.717) is 75.7 Å². The third-order valence-electron chi connectivity index (χ3n) is 13.0. The van der Waals surface area contributed by atoms with E-state index in [4.69, 9.17) is 46.4 Å². The summed E-state index contributed by atoms with van der Waals surface area (Å²) in [5.74, 6) is 0. The summed E-state index contributed by atoms with van der Waals surface area (Å²) in [5, 5.41) is 39.3. The van der Waals surface area contributed by atoms with Crippen molar-refractivity contribution in [3.8, 4) is 33.1 Å². The molecule has 6 amide bonds. The van der Waals surface area contributed by atoms with Crippen molar-refractivity contribution in [1.29, 1.82) is 0 Å². The number of aryl methyl sites for hydroxylation is 2. The second-order valence-electron chi connectivity index (χ2n) is 17.9. The Labute approximate surface area is 464 Å². The minimum absolute atomic E-state index is 0.122. The number of thiophene rings is 3. The summed E-state index contributed by atoms with van der Waals surface area (Å²) >= 11 is 29.0. The highest BCUT2D eigenvalue weighted by Crippen LogP contribution is 2.38. The Bertz CT molecular complexity index is 3160. The molecule has 12 rings (SSSR count). The maximum atomic E-state index is 12.6. The second kappa shape index (κ2) is 23.1. The van der Waals surface area contributed by atoms with Gasteiger partial charge in [0, 0.05) is 121 Å². The van der Waals surface area contributed by atoms with Crippen molar-refractivity contribution in [2.45, 2.75) is 52.7 Å². The number of nitrogens with one attached hydrogen (secondary N) is 6. The summed E-state index contributed by atoms with van der Waals surface area (Å²) in [4.78, 5) is 45.6. The van der Waals surface area contributed by atoms with Crippen molar-refractivity contribution in [2.24, 2.45) is 0 Å². The summed E-state index contributed by atoms with van der Waals surface area (Å²) in [6, 6.07) is 27.2. The van der Waals surface area contributed by atoms with Crippen LogP contribution in [0.4, 0.5) is 31.4 Å². The van der Waals surface area contributed by atoms with E-state index in [1.165, 1.54) is 21.8 Å². The molecule has 0 bridgehead atoms.